The Morgan fingerprint density at radius 1 is 1.13 bits per heavy atom. The van der Waals surface area contributed by atoms with E-state index in [-0.39, 0.29) is 0 Å². The summed E-state index contributed by atoms with van der Waals surface area (Å²) >= 11 is 0. The van der Waals surface area contributed by atoms with Gasteiger partial charge in [0.2, 0.25) is 0 Å². The predicted octanol–water partition coefficient (Wildman–Crippen LogP) is 2.44. The van der Waals surface area contributed by atoms with Gasteiger partial charge in [-0.05, 0) is 50.0 Å². The number of rotatable bonds is 5. The lowest BCUT2D eigenvalue weighted by Crippen LogP contribution is -2.44. The van der Waals surface area contributed by atoms with Crippen LogP contribution in [0.3, 0.4) is 0 Å². The van der Waals surface area contributed by atoms with Crippen LogP contribution in [0.5, 0.6) is 0 Å². The molecule has 0 aromatic rings. The van der Waals surface area contributed by atoms with E-state index in [9.17, 15) is 0 Å². The molecule has 1 saturated carbocycles. The van der Waals surface area contributed by atoms with E-state index in [1.807, 2.05) is 0 Å². The fraction of sp³-hybridized carbons (Fsp3) is 1.00. The Bertz CT molecular complexity index is 185. The minimum atomic E-state index is 0.742. The molecule has 2 atom stereocenters. The first-order valence-electron chi connectivity index (χ1n) is 6.64. The Kier molecular flexibility index (Phi) is 4.04. The van der Waals surface area contributed by atoms with Crippen molar-refractivity contribution in [1.29, 1.82) is 0 Å². The van der Waals surface area contributed by atoms with Gasteiger partial charge in [0.25, 0.3) is 0 Å². The van der Waals surface area contributed by atoms with Crippen molar-refractivity contribution in [2.75, 3.05) is 19.8 Å². The van der Waals surface area contributed by atoms with Gasteiger partial charge in [0.1, 0.15) is 0 Å². The van der Waals surface area contributed by atoms with E-state index in [4.69, 9.17) is 4.74 Å². The largest absolute Gasteiger partial charge is 0.381 e. The van der Waals surface area contributed by atoms with E-state index in [0.29, 0.717) is 0 Å². The lowest BCUT2D eigenvalue weighted by molar-refractivity contribution is 0.0442. The molecule has 1 heterocycles. The van der Waals surface area contributed by atoms with Crippen LogP contribution in [-0.2, 0) is 4.74 Å². The van der Waals surface area contributed by atoms with Gasteiger partial charge < -0.3 is 10.1 Å². The average molecular weight is 211 g/mol. The van der Waals surface area contributed by atoms with Crippen LogP contribution in [0.15, 0.2) is 0 Å². The molecule has 2 heteroatoms. The Balaban J connectivity index is 1.90. The predicted molar refractivity (Wildman–Crippen MR) is 62.9 cm³/mol. The molecule has 0 amide bonds. The first-order valence-corrected chi connectivity index (χ1v) is 6.64. The normalized spacial score (nSPS) is 27.6. The molecule has 2 aliphatic rings. The Labute approximate surface area is 93.8 Å². The van der Waals surface area contributed by atoms with Gasteiger partial charge in [0, 0.05) is 19.3 Å². The molecule has 1 aliphatic heterocycles. The van der Waals surface area contributed by atoms with E-state index in [1.165, 1.54) is 25.7 Å². The summed E-state index contributed by atoms with van der Waals surface area (Å²) in [7, 11) is 0. The van der Waals surface area contributed by atoms with Crippen LogP contribution in [-0.4, -0.2) is 25.8 Å². The minimum absolute atomic E-state index is 0.742. The molecule has 1 N–H and O–H groups in total. The zero-order valence-electron chi connectivity index (χ0n) is 10.2. The van der Waals surface area contributed by atoms with Crippen LogP contribution in [0, 0.1) is 17.8 Å². The summed E-state index contributed by atoms with van der Waals surface area (Å²) in [6, 6.07) is 0.742. The fourth-order valence-corrected chi connectivity index (χ4v) is 3.01. The minimum Gasteiger partial charge on any atom is -0.381 e. The molecule has 88 valence electrons. The lowest BCUT2D eigenvalue weighted by atomic mass is 9.82. The van der Waals surface area contributed by atoms with Crippen molar-refractivity contribution >= 4 is 0 Å². The molecule has 2 rings (SSSR count). The highest BCUT2D eigenvalue weighted by Gasteiger charge is 2.36. The van der Waals surface area contributed by atoms with Crippen molar-refractivity contribution in [2.24, 2.45) is 17.8 Å². The summed E-state index contributed by atoms with van der Waals surface area (Å²) in [6.45, 7) is 7.74. The van der Waals surface area contributed by atoms with Crippen molar-refractivity contribution < 1.29 is 4.74 Å². The molecule has 0 aromatic heterocycles. The van der Waals surface area contributed by atoms with Gasteiger partial charge in [0.05, 0.1) is 0 Å². The lowest BCUT2D eigenvalue weighted by Gasteiger charge is -2.35. The van der Waals surface area contributed by atoms with Crippen molar-refractivity contribution in [2.45, 2.75) is 45.6 Å². The first-order chi connectivity index (χ1) is 7.33. The molecule has 0 bridgehead atoms. The molecular formula is C13H25NO. The number of nitrogens with one attached hydrogen (secondary N) is 1. The molecule has 1 aliphatic carbocycles. The number of hydrogen-bond donors (Lipinski definition) is 1. The summed E-state index contributed by atoms with van der Waals surface area (Å²) in [5, 5.41) is 3.72. The third-order valence-electron chi connectivity index (χ3n) is 4.15. The molecule has 2 unspecified atom stereocenters. The van der Waals surface area contributed by atoms with E-state index in [0.717, 1.165) is 43.6 Å². The first kappa shape index (κ1) is 11.4. The molecule has 1 saturated heterocycles. The number of hydrogen-bond acceptors (Lipinski definition) is 2. The zero-order valence-corrected chi connectivity index (χ0v) is 10.2. The average Bonchev–Trinajstić information content (AvgIpc) is 3.10. The monoisotopic (exact) mass is 211 g/mol. The second kappa shape index (κ2) is 5.31. The quantitative estimate of drug-likeness (QED) is 0.754. The molecule has 15 heavy (non-hydrogen) atoms. The summed E-state index contributed by atoms with van der Waals surface area (Å²) < 4.78 is 5.46. The van der Waals surface area contributed by atoms with Gasteiger partial charge in [-0.3, -0.25) is 0 Å². The molecular weight excluding hydrogens is 186 g/mol. The number of ether oxygens (including phenoxy) is 1. The van der Waals surface area contributed by atoms with Crippen LogP contribution >= 0.6 is 0 Å². The highest BCUT2D eigenvalue weighted by Crippen LogP contribution is 2.41. The van der Waals surface area contributed by atoms with Crippen LogP contribution in [0.4, 0.5) is 0 Å². The van der Waals surface area contributed by atoms with Crippen molar-refractivity contribution in [3.8, 4) is 0 Å². The van der Waals surface area contributed by atoms with Gasteiger partial charge in [-0.15, -0.1) is 0 Å². The van der Waals surface area contributed by atoms with Crippen LogP contribution in [0.25, 0.3) is 0 Å². The summed E-state index contributed by atoms with van der Waals surface area (Å²) in [4.78, 5) is 0. The zero-order chi connectivity index (χ0) is 10.7. The van der Waals surface area contributed by atoms with Gasteiger partial charge in [-0.1, -0.05) is 13.8 Å². The standard InChI is InChI=1S/C13H25NO/c1-3-14-13(10(2)11-4-5-11)12-6-8-15-9-7-12/h10-14H,3-9H2,1-2H3. The second-order valence-electron chi connectivity index (χ2n) is 5.23. The SMILES string of the molecule is CCNC(C1CCOCC1)C(C)C1CC1. The maximum absolute atomic E-state index is 5.46. The van der Waals surface area contributed by atoms with Gasteiger partial charge >= 0.3 is 0 Å². The highest BCUT2D eigenvalue weighted by atomic mass is 16.5. The van der Waals surface area contributed by atoms with Crippen LogP contribution < -0.4 is 5.32 Å². The van der Waals surface area contributed by atoms with E-state index >= 15 is 0 Å². The van der Waals surface area contributed by atoms with E-state index in [2.05, 4.69) is 19.2 Å². The van der Waals surface area contributed by atoms with Crippen LogP contribution in [0.2, 0.25) is 0 Å². The highest BCUT2D eigenvalue weighted by molar-refractivity contribution is 4.90. The molecule has 0 aromatic carbocycles. The molecule has 2 nitrogen and oxygen atoms in total. The maximum Gasteiger partial charge on any atom is 0.0469 e. The third kappa shape index (κ3) is 2.94. The fourth-order valence-electron chi connectivity index (χ4n) is 3.01. The van der Waals surface area contributed by atoms with Gasteiger partial charge in [0.15, 0.2) is 0 Å². The maximum atomic E-state index is 5.46. The van der Waals surface area contributed by atoms with E-state index < -0.39 is 0 Å². The summed E-state index contributed by atoms with van der Waals surface area (Å²) in [5.41, 5.74) is 0. The van der Waals surface area contributed by atoms with Crippen molar-refractivity contribution in [3.63, 3.8) is 0 Å². The third-order valence-corrected chi connectivity index (χ3v) is 4.15. The summed E-state index contributed by atoms with van der Waals surface area (Å²) in [5.74, 6) is 2.74. The molecule has 0 radical (unpaired) electrons. The topological polar surface area (TPSA) is 21.3 Å². The van der Waals surface area contributed by atoms with Gasteiger partial charge in [-0.2, -0.15) is 0 Å². The summed E-state index contributed by atoms with van der Waals surface area (Å²) in [6.07, 6.45) is 5.45. The second-order valence-corrected chi connectivity index (χ2v) is 5.23. The van der Waals surface area contributed by atoms with E-state index in [1.54, 1.807) is 0 Å². The Morgan fingerprint density at radius 3 is 2.33 bits per heavy atom. The van der Waals surface area contributed by atoms with Crippen molar-refractivity contribution in [1.82, 2.24) is 5.32 Å². The molecule has 0 spiro atoms. The Hall–Kier alpha value is -0.0800. The van der Waals surface area contributed by atoms with Gasteiger partial charge in [-0.25, -0.2) is 0 Å². The molecule has 2 fully saturated rings. The van der Waals surface area contributed by atoms with Crippen molar-refractivity contribution in [3.05, 3.63) is 0 Å². The van der Waals surface area contributed by atoms with Crippen LogP contribution in [0.1, 0.15) is 39.5 Å². The smallest absolute Gasteiger partial charge is 0.0469 e. The Morgan fingerprint density at radius 2 is 1.80 bits per heavy atom.